The van der Waals surface area contributed by atoms with Gasteiger partial charge < -0.3 is 15.9 Å². The molecule has 0 spiro atoms. The third kappa shape index (κ3) is 2.20. The molecule has 22 heavy (non-hydrogen) atoms. The van der Waals surface area contributed by atoms with Crippen molar-refractivity contribution in [2.75, 3.05) is 0 Å². The van der Waals surface area contributed by atoms with Gasteiger partial charge in [0.25, 0.3) is 0 Å². The SMILES string of the molecule is N[C@@]1(C(=O)O)[C@@H]2C[C@@H](C[C@H]2CCc2ccccc2)[C@H]1C(=O)O. The van der Waals surface area contributed by atoms with E-state index in [9.17, 15) is 19.8 Å². The fraction of sp³-hybridized carbons (Fsp3) is 0.529. The van der Waals surface area contributed by atoms with Crippen molar-refractivity contribution in [2.45, 2.75) is 31.2 Å². The molecule has 1 aromatic carbocycles. The quantitative estimate of drug-likeness (QED) is 0.769. The van der Waals surface area contributed by atoms with Gasteiger partial charge in [-0.2, -0.15) is 0 Å². The molecule has 5 atom stereocenters. The first-order valence-electron chi connectivity index (χ1n) is 7.73. The van der Waals surface area contributed by atoms with Crippen molar-refractivity contribution >= 4 is 11.9 Å². The van der Waals surface area contributed by atoms with Gasteiger partial charge in [-0.15, -0.1) is 0 Å². The first kappa shape index (κ1) is 15.0. The van der Waals surface area contributed by atoms with Crippen molar-refractivity contribution in [3.63, 3.8) is 0 Å². The van der Waals surface area contributed by atoms with Gasteiger partial charge >= 0.3 is 11.9 Å². The van der Waals surface area contributed by atoms with Gasteiger partial charge in [0.2, 0.25) is 0 Å². The first-order valence-corrected chi connectivity index (χ1v) is 7.73. The summed E-state index contributed by atoms with van der Waals surface area (Å²) in [7, 11) is 0. The molecule has 5 heteroatoms. The van der Waals surface area contributed by atoms with Crippen molar-refractivity contribution in [3.8, 4) is 0 Å². The van der Waals surface area contributed by atoms with E-state index in [0.717, 1.165) is 19.3 Å². The second-order valence-electron chi connectivity index (χ2n) is 6.68. The van der Waals surface area contributed by atoms with Crippen LogP contribution in [-0.2, 0) is 16.0 Å². The van der Waals surface area contributed by atoms with E-state index in [1.807, 2.05) is 18.2 Å². The molecule has 2 aliphatic carbocycles. The Morgan fingerprint density at radius 1 is 1.18 bits per heavy atom. The number of hydrogen-bond acceptors (Lipinski definition) is 3. The Morgan fingerprint density at radius 2 is 1.86 bits per heavy atom. The summed E-state index contributed by atoms with van der Waals surface area (Å²) in [6.45, 7) is 0. The number of carboxylic acids is 2. The molecular formula is C17H21NO4. The van der Waals surface area contributed by atoms with Crippen LogP contribution in [0.5, 0.6) is 0 Å². The lowest BCUT2D eigenvalue weighted by Crippen LogP contribution is -2.62. The summed E-state index contributed by atoms with van der Waals surface area (Å²) in [5.74, 6) is -3.34. The maximum absolute atomic E-state index is 11.7. The van der Waals surface area contributed by atoms with Gasteiger partial charge in [0.1, 0.15) is 5.54 Å². The maximum atomic E-state index is 11.7. The highest BCUT2D eigenvalue weighted by Crippen LogP contribution is 2.57. The van der Waals surface area contributed by atoms with E-state index in [0.29, 0.717) is 6.42 Å². The van der Waals surface area contributed by atoms with Crippen molar-refractivity contribution in [1.82, 2.24) is 0 Å². The third-order valence-corrected chi connectivity index (χ3v) is 5.61. The van der Waals surface area contributed by atoms with Crippen LogP contribution in [0.4, 0.5) is 0 Å². The zero-order valence-electron chi connectivity index (χ0n) is 12.3. The number of benzene rings is 1. The Balaban J connectivity index is 1.75. The predicted octanol–water partition coefficient (Wildman–Crippen LogP) is 1.76. The molecule has 0 saturated heterocycles. The van der Waals surface area contributed by atoms with E-state index >= 15 is 0 Å². The summed E-state index contributed by atoms with van der Waals surface area (Å²) >= 11 is 0. The van der Waals surface area contributed by atoms with E-state index in [4.69, 9.17) is 5.73 Å². The van der Waals surface area contributed by atoms with E-state index in [1.165, 1.54) is 5.56 Å². The van der Waals surface area contributed by atoms with Crippen LogP contribution < -0.4 is 5.73 Å². The molecule has 0 aromatic heterocycles. The molecule has 2 bridgehead atoms. The molecule has 1 aromatic rings. The van der Waals surface area contributed by atoms with E-state index in [2.05, 4.69) is 12.1 Å². The number of carboxylic acid groups (broad SMARTS) is 2. The third-order valence-electron chi connectivity index (χ3n) is 5.61. The summed E-state index contributed by atoms with van der Waals surface area (Å²) in [4.78, 5) is 23.1. The number of hydrogen-bond donors (Lipinski definition) is 3. The van der Waals surface area contributed by atoms with Crippen molar-refractivity contribution in [2.24, 2.45) is 29.4 Å². The standard InChI is InChI=1S/C17H21NO4/c18-17(16(21)22)13-9-12(14(17)15(19)20)8-11(13)7-6-10-4-2-1-3-5-10/h1-5,11-14H,6-9,18H2,(H,19,20)(H,21,22)/t11-,12-,13-,14+,17+/m1/s1. The number of rotatable bonds is 5. The van der Waals surface area contributed by atoms with E-state index < -0.39 is 23.4 Å². The van der Waals surface area contributed by atoms with Crippen molar-refractivity contribution < 1.29 is 19.8 Å². The summed E-state index contributed by atoms with van der Waals surface area (Å²) in [5.41, 5.74) is 5.72. The Bertz CT molecular complexity index is 588. The minimum atomic E-state index is -1.61. The van der Waals surface area contributed by atoms with Gasteiger partial charge in [0, 0.05) is 0 Å². The average molecular weight is 303 g/mol. The fourth-order valence-corrected chi connectivity index (χ4v) is 4.66. The van der Waals surface area contributed by atoms with Crippen LogP contribution in [0.25, 0.3) is 0 Å². The molecule has 0 amide bonds. The van der Waals surface area contributed by atoms with E-state index in [-0.39, 0.29) is 17.8 Å². The molecule has 118 valence electrons. The summed E-state index contributed by atoms with van der Waals surface area (Å²) in [5, 5.41) is 18.9. The molecular weight excluding hydrogens is 282 g/mol. The second-order valence-corrected chi connectivity index (χ2v) is 6.68. The molecule has 5 nitrogen and oxygen atoms in total. The molecule has 0 heterocycles. The lowest BCUT2D eigenvalue weighted by Gasteiger charge is -2.39. The number of fused-ring (bicyclic) bond motifs is 2. The van der Waals surface area contributed by atoms with Crippen LogP contribution in [0, 0.1) is 23.7 Å². The topological polar surface area (TPSA) is 101 Å². The second kappa shape index (κ2) is 5.39. The Labute approximate surface area is 129 Å². The normalized spacial score (nSPS) is 36.4. The monoisotopic (exact) mass is 303 g/mol. The van der Waals surface area contributed by atoms with Crippen LogP contribution in [0.3, 0.4) is 0 Å². The summed E-state index contributed by atoms with van der Waals surface area (Å²) < 4.78 is 0. The zero-order chi connectivity index (χ0) is 15.9. The zero-order valence-corrected chi connectivity index (χ0v) is 12.3. The fourth-order valence-electron chi connectivity index (χ4n) is 4.66. The minimum absolute atomic E-state index is 0.107. The molecule has 0 radical (unpaired) electrons. The van der Waals surface area contributed by atoms with Gasteiger partial charge in [-0.25, -0.2) is 0 Å². The molecule has 4 N–H and O–H groups in total. The number of carbonyl (C=O) groups is 2. The molecule has 3 rings (SSSR count). The lowest BCUT2D eigenvalue weighted by atomic mass is 9.67. The number of aryl methyl sites for hydroxylation is 1. The Morgan fingerprint density at radius 3 is 2.45 bits per heavy atom. The lowest BCUT2D eigenvalue weighted by molar-refractivity contribution is -0.159. The van der Waals surface area contributed by atoms with Crippen LogP contribution in [0.1, 0.15) is 24.8 Å². The van der Waals surface area contributed by atoms with Crippen LogP contribution in [-0.4, -0.2) is 27.7 Å². The minimum Gasteiger partial charge on any atom is -0.481 e. The molecule has 0 aliphatic heterocycles. The molecule has 2 aliphatic rings. The predicted molar refractivity (Wildman–Crippen MR) is 80.1 cm³/mol. The van der Waals surface area contributed by atoms with Gasteiger partial charge in [0.05, 0.1) is 5.92 Å². The van der Waals surface area contributed by atoms with Crippen molar-refractivity contribution in [1.29, 1.82) is 0 Å². The van der Waals surface area contributed by atoms with Crippen LogP contribution in [0.2, 0.25) is 0 Å². The van der Waals surface area contributed by atoms with Gasteiger partial charge in [0.15, 0.2) is 0 Å². The average Bonchev–Trinajstić information content (AvgIpc) is 3.02. The van der Waals surface area contributed by atoms with Gasteiger partial charge in [-0.05, 0) is 49.0 Å². The Hall–Kier alpha value is -1.88. The van der Waals surface area contributed by atoms with E-state index in [1.54, 1.807) is 0 Å². The molecule has 2 fully saturated rings. The number of nitrogens with two attached hydrogens (primary N) is 1. The summed E-state index contributed by atoms with van der Waals surface area (Å²) in [6.07, 6.45) is 3.14. The highest BCUT2D eigenvalue weighted by Gasteiger charge is 2.66. The molecule has 0 unspecified atom stereocenters. The largest absolute Gasteiger partial charge is 0.481 e. The van der Waals surface area contributed by atoms with Gasteiger partial charge in [-0.3, -0.25) is 9.59 Å². The number of aliphatic carboxylic acids is 2. The molecule has 2 saturated carbocycles. The first-order chi connectivity index (χ1) is 10.4. The highest BCUT2D eigenvalue weighted by atomic mass is 16.4. The van der Waals surface area contributed by atoms with Crippen LogP contribution >= 0.6 is 0 Å². The van der Waals surface area contributed by atoms with Crippen molar-refractivity contribution in [3.05, 3.63) is 35.9 Å². The summed E-state index contributed by atoms with van der Waals surface area (Å²) in [6, 6.07) is 10.1. The Kier molecular flexibility index (Phi) is 3.68. The van der Waals surface area contributed by atoms with Crippen LogP contribution in [0.15, 0.2) is 30.3 Å². The van der Waals surface area contributed by atoms with Gasteiger partial charge in [-0.1, -0.05) is 30.3 Å². The smallest absolute Gasteiger partial charge is 0.324 e. The maximum Gasteiger partial charge on any atom is 0.324 e. The highest BCUT2D eigenvalue weighted by molar-refractivity contribution is 5.88.